The lowest BCUT2D eigenvalue weighted by molar-refractivity contribution is 0.0307. The molecule has 20 heavy (non-hydrogen) atoms. The lowest BCUT2D eigenvalue weighted by Crippen LogP contribution is -2.18. The van der Waals surface area contributed by atoms with Gasteiger partial charge in [0, 0.05) is 12.1 Å². The normalized spacial score (nSPS) is 22.2. The molecule has 0 radical (unpaired) electrons. The van der Waals surface area contributed by atoms with Crippen molar-refractivity contribution in [2.45, 2.75) is 25.0 Å². The zero-order valence-corrected chi connectivity index (χ0v) is 10.7. The maximum Gasteiger partial charge on any atom is 0.256 e. The van der Waals surface area contributed by atoms with Gasteiger partial charge in [-0.3, -0.25) is 0 Å². The number of aromatic hydroxyl groups is 2. The maximum atomic E-state index is 9.47. The van der Waals surface area contributed by atoms with Gasteiger partial charge in [0.25, 0.3) is 5.89 Å². The van der Waals surface area contributed by atoms with Crippen LogP contribution in [0.5, 0.6) is 11.5 Å². The Hall–Kier alpha value is -2.12. The van der Waals surface area contributed by atoms with Crippen LogP contribution < -0.4 is 5.73 Å². The fourth-order valence-corrected chi connectivity index (χ4v) is 2.21. The van der Waals surface area contributed by atoms with E-state index in [2.05, 4.69) is 10.1 Å². The predicted molar refractivity (Wildman–Crippen MR) is 69.0 cm³/mol. The first kappa shape index (κ1) is 12.9. The van der Waals surface area contributed by atoms with Crippen molar-refractivity contribution in [2.75, 3.05) is 6.54 Å². The first-order valence-electron chi connectivity index (χ1n) is 6.39. The van der Waals surface area contributed by atoms with Gasteiger partial charge in [0.15, 0.2) is 11.5 Å². The Morgan fingerprint density at radius 1 is 1.25 bits per heavy atom. The number of hydrogen-bond acceptors (Lipinski definition) is 7. The van der Waals surface area contributed by atoms with Crippen LogP contribution >= 0.6 is 0 Å². The van der Waals surface area contributed by atoms with Crippen LogP contribution in [0.3, 0.4) is 0 Å². The molecule has 3 rings (SSSR count). The molecule has 1 saturated heterocycles. The quantitative estimate of drug-likeness (QED) is 0.725. The molecule has 0 bridgehead atoms. The van der Waals surface area contributed by atoms with Gasteiger partial charge in [-0.15, -0.1) is 0 Å². The van der Waals surface area contributed by atoms with Gasteiger partial charge in [0.1, 0.15) is 6.10 Å². The first-order chi connectivity index (χ1) is 9.67. The second kappa shape index (κ2) is 5.10. The van der Waals surface area contributed by atoms with Gasteiger partial charge < -0.3 is 25.2 Å². The molecule has 7 nitrogen and oxygen atoms in total. The number of benzene rings is 1. The summed E-state index contributed by atoms with van der Waals surface area (Å²) in [6.45, 7) is 0.476. The lowest BCUT2D eigenvalue weighted by Gasteiger charge is -2.07. The third-order valence-electron chi connectivity index (χ3n) is 3.32. The van der Waals surface area contributed by atoms with Gasteiger partial charge in [-0.25, -0.2) is 0 Å². The molecule has 4 N–H and O–H groups in total. The highest BCUT2D eigenvalue weighted by atomic mass is 16.5. The number of nitrogens with two attached hydrogens (primary N) is 1. The second-order valence-corrected chi connectivity index (χ2v) is 4.72. The molecular formula is C13H15N3O4. The van der Waals surface area contributed by atoms with E-state index in [0.29, 0.717) is 23.8 Å². The van der Waals surface area contributed by atoms with Crippen molar-refractivity contribution in [3.05, 3.63) is 24.1 Å². The molecule has 1 aliphatic heterocycles. The number of phenols is 2. The largest absolute Gasteiger partial charge is 0.504 e. The van der Waals surface area contributed by atoms with Crippen molar-refractivity contribution in [3.63, 3.8) is 0 Å². The monoisotopic (exact) mass is 277 g/mol. The third-order valence-corrected chi connectivity index (χ3v) is 3.32. The molecule has 0 amide bonds. The fourth-order valence-electron chi connectivity index (χ4n) is 2.21. The summed E-state index contributed by atoms with van der Waals surface area (Å²) < 4.78 is 10.9. The minimum absolute atomic E-state index is 0.0352. The number of hydrogen-bond donors (Lipinski definition) is 3. The maximum absolute atomic E-state index is 9.47. The zero-order valence-electron chi connectivity index (χ0n) is 10.7. The molecule has 7 heteroatoms. The Morgan fingerprint density at radius 2 is 2.10 bits per heavy atom. The minimum atomic E-state index is -0.228. The molecule has 0 aliphatic carbocycles. The first-order valence-corrected chi connectivity index (χ1v) is 6.39. The van der Waals surface area contributed by atoms with Crippen LogP contribution in [0.4, 0.5) is 0 Å². The Bertz CT molecular complexity index is 613. The molecule has 2 aromatic rings. The van der Waals surface area contributed by atoms with Crippen molar-refractivity contribution in [1.82, 2.24) is 10.1 Å². The van der Waals surface area contributed by atoms with Gasteiger partial charge in [-0.05, 0) is 31.0 Å². The summed E-state index contributed by atoms with van der Waals surface area (Å²) in [6, 6.07) is 4.35. The van der Waals surface area contributed by atoms with Crippen LogP contribution in [0.1, 0.15) is 24.8 Å². The minimum Gasteiger partial charge on any atom is -0.504 e. The average Bonchev–Trinajstić information content (AvgIpc) is 3.09. The topological polar surface area (TPSA) is 115 Å². The van der Waals surface area contributed by atoms with Crippen LogP contribution in [-0.2, 0) is 4.74 Å². The molecule has 106 valence electrons. The highest BCUT2D eigenvalue weighted by molar-refractivity contribution is 5.59. The van der Waals surface area contributed by atoms with Crippen molar-refractivity contribution >= 4 is 0 Å². The SMILES string of the molecule is NCC1CCC(c2nc(-c3ccc(O)c(O)c3)no2)O1. The third kappa shape index (κ3) is 2.33. The van der Waals surface area contributed by atoms with Crippen molar-refractivity contribution in [2.24, 2.45) is 5.73 Å². The van der Waals surface area contributed by atoms with E-state index >= 15 is 0 Å². The van der Waals surface area contributed by atoms with Crippen LogP contribution in [0, 0.1) is 0 Å². The molecule has 0 spiro atoms. The number of ether oxygens (including phenoxy) is 1. The molecule has 1 fully saturated rings. The predicted octanol–water partition coefficient (Wildman–Crippen LogP) is 1.33. The zero-order chi connectivity index (χ0) is 14.1. The van der Waals surface area contributed by atoms with E-state index in [1.54, 1.807) is 6.07 Å². The standard InChI is InChI=1S/C13H15N3O4/c14-6-8-2-4-11(19-8)13-15-12(16-20-13)7-1-3-9(17)10(18)5-7/h1,3,5,8,11,17-18H,2,4,6,14H2. The highest BCUT2D eigenvalue weighted by Crippen LogP contribution is 2.33. The van der Waals surface area contributed by atoms with Crippen LogP contribution in [0.2, 0.25) is 0 Å². The van der Waals surface area contributed by atoms with E-state index < -0.39 is 0 Å². The van der Waals surface area contributed by atoms with E-state index in [9.17, 15) is 10.2 Å². The Kier molecular flexibility index (Phi) is 3.29. The summed E-state index contributed by atoms with van der Waals surface area (Å²) in [4.78, 5) is 4.27. The van der Waals surface area contributed by atoms with E-state index in [0.717, 1.165) is 12.8 Å². The Morgan fingerprint density at radius 3 is 2.80 bits per heavy atom. The molecule has 2 atom stereocenters. The van der Waals surface area contributed by atoms with Gasteiger partial charge >= 0.3 is 0 Å². The average molecular weight is 277 g/mol. The summed E-state index contributed by atoms with van der Waals surface area (Å²) in [6.07, 6.45) is 1.48. The molecule has 1 aromatic carbocycles. The number of nitrogens with zero attached hydrogens (tertiary/aromatic N) is 2. The number of rotatable bonds is 3. The van der Waals surface area contributed by atoms with Crippen molar-refractivity contribution < 1.29 is 19.5 Å². The smallest absolute Gasteiger partial charge is 0.256 e. The lowest BCUT2D eigenvalue weighted by atomic mass is 10.2. The summed E-state index contributed by atoms with van der Waals surface area (Å²) in [7, 11) is 0. The molecule has 2 unspecified atom stereocenters. The van der Waals surface area contributed by atoms with Crippen molar-refractivity contribution in [3.8, 4) is 22.9 Å². The van der Waals surface area contributed by atoms with E-state index in [4.69, 9.17) is 15.0 Å². The second-order valence-electron chi connectivity index (χ2n) is 4.72. The van der Waals surface area contributed by atoms with E-state index in [1.165, 1.54) is 12.1 Å². The molecule has 2 heterocycles. The number of phenolic OH excluding ortho intramolecular Hbond substituents is 2. The summed E-state index contributed by atoms with van der Waals surface area (Å²) in [5, 5.41) is 22.6. The van der Waals surface area contributed by atoms with Crippen molar-refractivity contribution in [1.29, 1.82) is 0 Å². The van der Waals surface area contributed by atoms with E-state index in [1.807, 2.05) is 0 Å². The van der Waals surface area contributed by atoms with Gasteiger partial charge in [-0.1, -0.05) is 5.16 Å². The Labute approximate surface area is 115 Å². The van der Waals surface area contributed by atoms with E-state index in [-0.39, 0.29) is 23.7 Å². The summed E-state index contributed by atoms with van der Waals surface area (Å²) in [5.41, 5.74) is 6.12. The van der Waals surface area contributed by atoms with Crippen LogP contribution in [-0.4, -0.2) is 33.0 Å². The van der Waals surface area contributed by atoms with Crippen LogP contribution in [0.25, 0.3) is 11.4 Å². The summed E-state index contributed by atoms with van der Waals surface area (Å²) in [5.74, 6) is 0.329. The van der Waals surface area contributed by atoms with Gasteiger partial charge in [0.05, 0.1) is 6.10 Å². The number of aromatic nitrogens is 2. The van der Waals surface area contributed by atoms with Gasteiger partial charge in [-0.2, -0.15) is 4.98 Å². The summed E-state index contributed by atoms with van der Waals surface area (Å²) >= 11 is 0. The van der Waals surface area contributed by atoms with Gasteiger partial charge in [0.2, 0.25) is 5.82 Å². The molecule has 1 aliphatic rings. The Balaban J connectivity index is 1.81. The molecular weight excluding hydrogens is 262 g/mol. The van der Waals surface area contributed by atoms with Crippen LogP contribution in [0.15, 0.2) is 22.7 Å². The fraction of sp³-hybridized carbons (Fsp3) is 0.385. The molecule has 1 aromatic heterocycles. The molecule has 0 saturated carbocycles. The highest BCUT2D eigenvalue weighted by Gasteiger charge is 2.30.